The van der Waals surface area contributed by atoms with Crippen molar-refractivity contribution in [2.24, 2.45) is 0 Å². The minimum atomic E-state index is -4.39. The van der Waals surface area contributed by atoms with Gasteiger partial charge in [0, 0.05) is 12.8 Å². The molecule has 0 spiro atoms. The van der Waals surface area contributed by atoms with Gasteiger partial charge in [0.2, 0.25) is 0 Å². The Morgan fingerprint density at radius 3 is 2.32 bits per heavy atom. The molecule has 2 unspecified atom stereocenters. The van der Waals surface area contributed by atoms with Gasteiger partial charge in [-0.1, -0.05) is 12.1 Å². The lowest BCUT2D eigenvalue weighted by Gasteiger charge is -2.39. The van der Waals surface area contributed by atoms with Crippen molar-refractivity contribution in [3.05, 3.63) is 35.4 Å². The van der Waals surface area contributed by atoms with Crippen LogP contribution in [0.2, 0.25) is 0 Å². The van der Waals surface area contributed by atoms with E-state index >= 15 is 0 Å². The number of benzene rings is 1. The van der Waals surface area contributed by atoms with Crippen LogP contribution in [0.1, 0.15) is 37.8 Å². The summed E-state index contributed by atoms with van der Waals surface area (Å²) in [6.45, 7) is 3.63. The average molecular weight is 274 g/mol. The summed E-state index contributed by atoms with van der Waals surface area (Å²) in [4.78, 5) is 0. The van der Waals surface area contributed by atoms with E-state index in [1.54, 1.807) is 6.07 Å². The molecular weight excluding hydrogens is 257 g/mol. The van der Waals surface area contributed by atoms with E-state index in [1.807, 2.05) is 13.8 Å². The topological polar surface area (TPSA) is 29.5 Å². The van der Waals surface area contributed by atoms with E-state index in [9.17, 15) is 18.3 Å². The summed E-state index contributed by atoms with van der Waals surface area (Å²) in [5.41, 5.74) is -1.67. The molecule has 0 radical (unpaired) electrons. The van der Waals surface area contributed by atoms with Crippen LogP contribution in [0, 0.1) is 0 Å². The normalized spacial score (nSPS) is 32.3. The Morgan fingerprint density at radius 2 is 1.79 bits per heavy atom. The highest BCUT2D eigenvalue weighted by atomic mass is 19.4. The first-order chi connectivity index (χ1) is 8.71. The lowest BCUT2D eigenvalue weighted by Crippen LogP contribution is -2.41. The third kappa shape index (κ3) is 3.09. The predicted molar refractivity (Wildman–Crippen MR) is 64.6 cm³/mol. The maximum atomic E-state index is 12.7. The fourth-order valence-electron chi connectivity index (χ4n) is 2.75. The Hall–Kier alpha value is -1.07. The Bertz CT molecular complexity index is 446. The molecule has 106 valence electrons. The lowest BCUT2D eigenvalue weighted by atomic mass is 9.81. The molecule has 1 fully saturated rings. The number of alkyl halides is 3. The van der Waals surface area contributed by atoms with E-state index < -0.39 is 17.3 Å². The number of aliphatic hydroxyl groups is 1. The maximum Gasteiger partial charge on any atom is 0.416 e. The molecule has 1 saturated heterocycles. The highest BCUT2D eigenvalue weighted by Crippen LogP contribution is 2.39. The Morgan fingerprint density at radius 1 is 1.21 bits per heavy atom. The van der Waals surface area contributed by atoms with Gasteiger partial charge >= 0.3 is 6.18 Å². The Labute approximate surface area is 110 Å². The van der Waals surface area contributed by atoms with Gasteiger partial charge in [-0.05, 0) is 31.5 Å². The van der Waals surface area contributed by atoms with Crippen LogP contribution in [0.4, 0.5) is 13.2 Å². The van der Waals surface area contributed by atoms with E-state index in [0.29, 0.717) is 18.4 Å². The molecule has 1 heterocycles. The smallest absolute Gasteiger partial charge is 0.385 e. The second kappa shape index (κ2) is 4.80. The fourth-order valence-corrected chi connectivity index (χ4v) is 2.75. The number of halogens is 3. The molecule has 2 nitrogen and oxygen atoms in total. The second-order valence-corrected chi connectivity index (χ2v) is 5.28. The van der Waals surface area contributed by atoms with E-state index in [1.165, 1.54) is 6.07 Å². The zero-order chi connectivity index (χ0) is 14.3. The number of hydrogen-bond donors (Lipinski definition) is 1. The quantitative estimate of drug-likeness (QED) is 0.849. The highest BCUT2D eigenvalue weighted by molar-refractivity contribution is 5.30. The molecule has 0 aliphatic carbocycles. The first kappa shape index (κ1) is 14.3. The summed E-state index contributed by atoms with van der Waals surface area (Å²) in [6, 6.07) is 4.92. The van der Waals surface area contributed by atoms with Gasteiger partial charge in [-0.15, -0.1) is 0 Å². The van der Waals surface area contributed by atoms with Gasteiger partial charge in [-0.25, -0.2) is 0 Å². The summed E-state index contributed by atoms with van der Waals surface area (Å²) in [7, 11) is 0. The SMILES string of the molecule is CC1CC(O)(c2cccc(C(F)(F)F)c2)CC(C)O1. The summed E-state index contributed by atoms with van der Waals surface area (Å²) in [6.07, 6.45) is -4.14. The molecule has 1 aliphatic rings. The molecule has 2 rings (SSSR count). The van der Waals surface area contributed by atoms with Gasteiger partial charge < -0.3 is 9.84 Å². The third-order valence-corrected chi connectivity index (χ3v) is 3.44. The van der Waals surface area contributed by atoms with E-state index in [2.05, 4.69) is 0 Å². The summed E-state index contributed by atoms with van der Waals surface area (Å²) < 4.78 is 43.6. The van der Waals surface area contributed by atoms with Crippen molar-refractivity contribution in [3.8, 4) is 0 Å². The van der Waals surface area contributed by atoms with Gasteiger partial charge in [0.25, 0.3) is 0 Å². The largest absolute Gasteiger partial charge is 0.416 e. The zero-order valence-corrected chi connectivity index (χ0v) is 10.9. The fraction of sp³-hybridized carbons (Fsp3) is 0.571. The van der Waals surface area contributed by atoms with Crippen LogP contribution in [0.5, 0.6) is 0 Å². The molecule has 0 bridgehead atoms. The molecule has 1 aliphatic heterocycles. The highest BCUT2D eigenvalue weighted by Gasteiger charge is 2.39. The number of rotatable bonds is 1. The molecular formula is C14H17F3O2. The standard InChI is InChI=1S/C14H17F3O2/c1-9-7-13(18,8-10(2)19-9)11-4-3-5-12(6-11)14(15,16)17/h3-6,9-10,18H,7-8H2,1-2H3. The molecule has 1 N–H and O–H groups in total. The molecule has 2 atom stereocenters. The second-order valence-electron chi connectivity index (χ2n) is 5.28. The van der Waals surface area contributed by atoms with E-state index in [0.717, 1.165) is 12.1 Å². The molecule has 19 heavy (non-hydrogen) atoms. The molecule has 5 heteroatoms. The van der Waals surface area contributed by atoms with Crippen molar-refractivity contribution >= 4 is 0 Å². The van der Waals surface area contributed by atoms with Crippen LogP contribution in [0.25, 0.3) is 0 Å². The van der Waals surface area contributed by atoms with Crippen LogP contribution in [-0.2, 0) is 16.5 Å². The molecule has 0 aromatic heterocycles. The Kier molecular flexibility index (Phi) is 3.62. The van der Waals surface area contributed by atoms with Crippen molar-refractivity contribution in [1.82, 2.24) is 0 Å². The monoisotopic (exact) mass is 274 g/mol. The Balaban J connectivity index is 2.35. The molecule has 0 amide bonds. The van der Waals surface area contributed by atoms with Gasteiger partial charge in [0.1, 0.15) is 0 Å². The van der Waals surface area contributed by atoms with Crippen LogP contribution >= 0.6 is 0 Å². The zero-order valence-electron chi connectivity index (χ0n) is 10.9. The first-order valence-corrected chi connectivity index (χ1v) is 6.26. The van der Waals surface area contributed by atoms with Crippen molar-refractivity contribution in [3.63, 3.8) is 0 Å². The van der Waals surface area contributed by atoms with Gasteiger partial charge in [-0.2, -0.15) is 13.2 Å². The van der Waals surface area contributed by atoms with Gasteiger partial charge in [0.15, 0.2) is 0 Å². The van der Waals surface area contributed by atoms with Crippen molar-refractivity contribution < 1.29 is 23.0 Å². The van der Waals surface area contributed by atoms with Crippen molar-refractivity contribution in [2.45, 2.75) is 50.7 Å². The average Bonchev–Trinajstić information content (AvgIpc) is 2.26. The lowest BCUT2D eigenvalue weighted by molar-refractivity contribution is -0.140. The van der Waals surface area contributed by atoms with Crippen LogP contribution in [0.15, 0.2) is 24.3 Å². The minimum absolute atomic E-state index is 0.178. The van der Waals surface area contributed by atoms with E-state index in [4.69, 9.17) is 4.74 Å². The summed E-state index contributed by atoms with van der Waals surface area (Å²) in [5.74, 6) is 0. The molecule has 1 aromatic rings. The van der Waals surface area contributed by atoms with Crippen LogP contribution in [-0.4, -0.2) is 17.3 Å². The van der Waals surface area contributed by atoms with Crippen LogP contribution in [0.3, 0.4) is 0 Å². The summed E-state index contributed by atoms with van der Waals surface area (Å²) >= 11 is 0. The predicted octanol–water partition coefficient (Wildman–Crippen LogP) is 3.48. The maximum absolute atomic E-state index is 12.7. The van der Waals surface area contributed by atoms with Gasteiger partial charge in [-0.3, -0.25) is 0 Å². The first-order valence-electron chi connectivity index (χ1n) is 6.26. The number of ether oxygens (including phenoxy) is 1. The molecule has 1 aromatic carbocycles. The number of hydrogen-bond acceptors (Lipinski definition) is 2. The van der Waals surface area contributed by atoms with Crippen LogP contribution < -0.4 is 0 Å². The third-order valence-electron chi connectivity index (χ3n) is 3.44. The van der Waals surface area contributed by atoms with E-state index in [-0.39, 0.29) is 12.2 Å². The van der Waals surface area contributed by atoms with Gasteiger partial charge in [0.05, 0.1) is 23.4 Å². The minimum Gasteiger partial charge on any atom is -0.385 e. The van der Waals surface area contributed by atoms with Crippen molar-refractivity contribution in [1.29, 1.82) is 0 Å². The summed E-state index contributed by atoms with van der Waals surface area (Å²) in [5, 5.41) is 10.6. The van der Waals surface area contributed by atoms with Crippen molar-refractivity contribution in [2.75, 3.05) is 0 Å². The molecule has 0 saturated carbocycles.